The van der Waals surface area contributed by atoms with E-state index in [1.807, 2.05) is 0 Å². The maximum absolute atomic E-state index is 12.3. The highest BCUT2D eigenvalue weighted by Gasteiger charge is 2.20. The summed E-state index contributed by atoms with van der Waals surface area (Å²) >= 11 is 5.07. The number of nitrogens with one attached hydrogen (secondary N) is 3. The van der Waals surface area contributed by atoms with Crippen molar-refractivity contribution in [3.63, 3.8) is 0 Å². The Morgan fingerprint density at radius 2 is 2.09 bits per heavy atom. The lowest BCUT2D eigenvalue weighted by Gasteiger charge is -2.14. The smallest absolute Gasteiger partial charge is 0.260 e. The minimum atomic E-state index is -1.05. The molecule has 1 aliphatic rings. The van der Waals surface area contributed by atoms with Crippen molar-refractivity contribution in [2.24, 2.45) is 0 Å². The van der Waals surface area contributed by atoms with Gasteiger partial charge in [-0.1, -0.05) is 0 Å². The zero-order valence-electron chi connectivity index (χ0n) is 12.3. The van der Waals surface area contributed by atoms with Gasteiger partial charge < -0.3 is 20.7 Å². The van der Waals surface area contributed by atoms with Crippen molar-refractivity contribution in [1.82, 2.24) is 10.2 Å². The Morgan fingerprint density at radius 1 is 1.43 bits per heavy atom. The number of benzene rings is 1. The Hall–Kier alpha value is -2.33. The van der Waals surface area contributed by atoms with Gasteiger partial charge in [0.1, 0.15) is 0 Å². The van der Waals surface area contributed by atoms with Gasteiger partial charge in [0.25, 0.3) is 5.91 Å². The van der Waals surface area contributed by atoms with Crippen LogP contribution in [0.1, 0.15) is 6.92 Å². The molecule has 8 nitrogen and oxygen atoms in total. The molecular weight excluding hydrogens is 320 g/mol. The molecule has 0 aliphatic carbocycles. The zero-order chi connectivity index (χ0) is 17.0. The summed E-state index contributed by atoms with van der Waals surface area (Å²) in [5, 5.41) is 24.5. The molecule has 1 aliphatic heterocycles. The van der Waals surface area contributed by atoms with E-state index in [-0.39, 0.29) is 17.0 Å². The first-order valence-electron chi connectivity index (χ1n) is 6.80. The molecular formula is C14H16N4O4S. The van der Waals surface area contributed by atoms with Crippen LogP contribution < -0.4 is 15.9 Å². The predicted octanol–water partition coefficient (Wildman–Crippen LogP) is -0.308. The summed E-state index contributed by atoms with van der Waals surface area (Å²) in [7, 11) is 0. The Bertz CT molecular complexity index is 657. The Balaban J connectivity index is 2.13. The van der Waals surface area contributed by atoms with Gasteiger partial charge in [-0.15, -0.1) is 0 Å². The topological polar surface area (TPSA) is 109 Å². The van der Waals surface area contributed by atoms with Gasteiger partial charge in [-0.25, -0.2) is 5.21 Å². The highest BCUT2D eigenvalue weighted by Crippen LogP contribution is 2.13. The third-order valence-electron chi connectivity index (χ3n) is 3.19. The van der Waals surface area contributed by atoms with E-state index in [0.29, 0.717) is 23.9 Å². The molecule has 1 saturated heterocycles. The fourth-order valence-corrected chi connectivity index (χ4v) is 2.22. The minimum absolute atomic E-state index is 0.0293. The van der Waals surface area contributed by atoms with Crippen LogP contribution in [0.3, 0.4) is 0 Å². The average Bonchev–Trinajstić information content (AvgIpc) is 2.90. The Labute approximate surface area is 137 Å². The van der Waals surface area contributed by atoms with Crippen LogP contribution >= 0.6 is 12.2 Å². The van der Waals surface area contributed by atoms with Crippen molar-refractivity contribution in [2.45, 2.75) is 6.92 Å². The monoisotopic (exact) mass is 336 g/mol. The van der Waals surface area contributed by atoms with E-state index in [0.717, 1.165) is 0 Å². The van der Waals surface area contributed by atoms with Crippen LogP contribution in [0.25, 0.3) is 0 Å². The van der Waals surface area contributed by atoms with E-state index in [4.69, 9.17) is 17.4 Å². The summed E-state index contributed by atoms with van der Waals surface area (Å²) < 4.78 is 0. The van der Waals surface area contributed by atoms with Crippen LogP contribution in [0.4, 0.5) is 11.4 Å². The molecule has 0 spiro atoms. The molecule has 1 unspecified atom stereocenters. The van der Waals surface area contributed by atoms with Crippen molar-refractivity contribution in [3.8, 4) is 0 Å². The largest absolute Gasteiger partial charge is 0.595 e. The van der Waals surface area contributed by atoms with Gasteiger partial charge in [0.15, 0.2) is 16.6 Å². The first kappa shape index (κ1) is 17.0. The van der Waals surface area contributed by atoms with E-state index in [9.17, 15) is 14.8 Å². The third-order valence-corrected chi connectivity index (χ3v) is 3.57. The van der Waals surface area contributed by atoms with Gasteiger partial charge in [0.2, 0.25) is 0 Å². The molecule has 2 rings (SSSR count). The SMILES string of the molecule is CC(=O)/C(=C\N1CCNC1=S)C(=O)Nc1ccc([NH+]([O-])O)cc1. The number of hydrogen-bond donors (Lipinski definition) is 4. The summed E-state index contributed by atoms with van der Waals surface area (Å²) in [5.74, 6) is -0.963. The number of carbonyl (C=O) groups is 2. The minimum Gasteiger partial charge on any atom is -0.595 e. The van der Waals surface area contributed by atoms with Crippen LogP contribution in [0.2, 0.25) is 0 Å². The summed E-state index contributed by atoms with van der Waals surface area (Å²) in [6.45, 7) is 2.53. The number of rotatable bonds is 5. The van der Waals surface area contributed by atoms with Crippen LogP contribution in [-0.2, 0) is 9.59 Å². The standard InChI is InChI=1S/C14H16N4O4S/c1-9(19)12(8-17-7-6-15-14(17)23)13(20)16-10-2-4-11(5-3-10)18(21)22/h2-5,8,18,21H,6-7H2,1H3,(H,15,23)(H,16,20)/b12-8+. The number of nitrogens with zero attached hydrogens (tertiary/aromatic N) is 1. The maximum Gasteiger partial charge on any atom is 0.260 e. The number of ketones is 1. The van der Waals surface area contributed by atoms with Gasteiger partial charge in [0, 0.05) is 37.1 Å². The van der Waals surface area contributed by atoms with Crippen LogP contribution in [0.5, 0.6) is 0 Å². The van der Waals surface area contributed by atoms with Gasteiger partial charge in [-0.2, -0.15) is 5.23 Å². The fourth-order valence-electron chi connectivity index (χ4n) is 1.97. The van der Waals surface area contributed by atoms with Crippen molar-refractivity contribution in [1.29, 1.82) is 0 Å². The van der Waals surface area contributed by atoms with Crippen molar-refractivity contribution >= 4 is 40.4 Å². The second-order valence-corrected chi connectivity index (χ2v) is 5.25. The maximum atomic E-state index is 12.3. The molecule has 1 aromatic carbocycles. The number of Topliss-reactive ketones (excluding diaryl/α,β-unsaturated/α-hetero) is 1. The summed E-state index contributed by atoms with van der Waals surface area (Å²) in [6, 6.07) is 5.66. The summed E-state index contributed by atoms with van der Waals surface area (Å²) in [6.07, 6.45) is 1.42. The normalized spacial score (nSPS) is 16.0. The molecule has 4 N–H and O–H groups in total. The van der Waals surface area contributed by atoms with E-state index < -0.39 is 11.1 Å². The van der Waals surface area contributed by atoms with E-state index >= 15 is 0 Å². The number of quaternary nitrogens is 1. The molecule has 0 saturated carbocycles. The molecule has 9 heteroatoms. The highest BCUT2D eigenvalue weighted by atomic mass is 32.1. The van der Waals surface area contributed by atoms with Crippen molar-refractivity contribution in [3.05, 3.63) is 41.2 Å². The first-order chi connectivity index (χ1) is 10.9. The van der Waals surface area contributed by atoms with E-state index in [1.54, 1.807) is 4.90 Å². The second kappa shape index (κ2) is 7.29. The molecule has 0 radical (unpaired) electrons. The quantitative estimate of drug-likeness (QED) is 0.192. The lowest BCUT2D eigenvalue weighted by Crippen LogP contribution is -2.99. The van der Waals surface area contributed by atoms with Crippen LogP contribution in [-0.4, -0.2) is 40.0 Å². The van der Waals surface area contributed by atoms with Gasteiger partial charge in [-0.3, -0.25) is 9.59 Å². The molecule has 1 amide bonds. The molecule has 1 heterocycles. The van der Waals surface area contributed by atoms with Crippen molar-refractivity contribution in [2.75, 3.05) is 18.4 Å². The number of thiocarbonyl (C=S) groups is 1. The second-order valence-electron chi connectivity index (χ2n) is 4.86. The fraction of sp³-hybridized carbons (Fsp3) is 0.214. The Morgan fingerprint density at radius 3 is 2.57 bits per heavy atom. The summed E-state index contributed by atoms with van der Waals surface area (Å²) in [4.78, 5) is 25.6. The molecule has 1 aromatic rings. The number of amides is 1. The number of carbonyl (C=O) groups excluding carboxylic acids is 2. The average molecular weight is 336 g/mol. The molecule has 1 atom stereocenters. The predicted molar refractivity (Wildman–Crippen MR) is 86.9 cm³/mol. The first-order valence-corrected chi connectivity index (χ1v) is 7.21. The lowest BCUT2D eigenvalue weighted by atomic mass is 10.1. The lowest BCUT2D eigenvalue weighted by molar-refractivity contribution is -0.991. The van der Waals surface area contributed by atoms with Crippen LogP contribution in [0.15, 0.2) is 36.0 Å². The van der Waals surface area contributed by atoms with Crippen LogP contribution in [0, 0.1) is 5.21 Å². The van der Waals surface area contributed by atoms with Gasteiger partial charge in [0.05, 0.1) is 5.57 Å². The number of anilines is 1. The third kappa shape index (κ3) is 4.33. The molecule has 0 bridgehead atoms. The molecule has 23 heavy (non-hydrogen) atoms. The van der Waals surface area contributed by atoms with E-state index in [1.165, 1.54) is 37.4 Å². The molecule has 0 aromatic heterocycles. The van der Waals surface area contributed by atoms with E-state index in [2.05, 4.69) is 10.6 Å². The van der Waals surface area contributed by atoms with Gasteiger partial charge in [-0.05, 0) is 31.3 Å². The highest BCUT2D eigenvalue weighted by molar-refractivity contribution is 7.80. The molecule has 1 fully saturated rings. The number of hydrogen-bond acceptors (Lipinski definition) is 5. The van der Waals surface area contributed by atoms with Crippen molar-refractivity contribution < 1.29 is 20.0 Å². The summed E-state index contributed by atoms with van der Waals surface area (Å²) in [5.41, 5.74) is 0.478. The van der Waals surface area contributed by atoms with Gasteiger partial charge >= 0.3 is 0 Å². The molecule has 122 valence electrons. The zero-order valence-corrected chi connectivity index (χ0v) is 13.1. The Kier molecular flexibility index (Phi) is 5.40.